The molecule has 1 heterocycles. The van der Waals surface area contributed by atoms with Gasteiger partial charge >= 0.3 is 0 Å². The van der Waals surface area contributed by atoms with E-state index in [2.05, 4.69) is 21.2 Å². The van der Waals surface area contributed by atoms with Crippen LogP contribution in [0.2, 0.25) is 0 Å². The summed E-state index contributed by atoms with van der Waals surface area (Å²) in [6.07, 6.45) is 4.62. The molecule has 2 rings (SSSR count). The maximum absolute atomic E-state index is 11.1. The number of carbonyl (C=O) groups excluding carboxylic acids is 1. The summed E-state index contributed by atoms with van der Waals surface area (Å²) in [5, 5.41) is 3.01. The summed E-state index contributed by atoms with van der Waals surface area (Å²) in [6, 6.07) is 5.99. The molecule has 1 aliphatic rings. The topological polar surface area (TPSA) is 29.1 Å². The minimum atomic E-state index is -0.761. The van der Waals surface area contributed by atoms with Gasteiger partial charge in [-0.25, -0.2) is 0 Å². The molecule has 0 aromatic heterocycles. The third-order valence-corrected chi connectivity index (χ3v) is 3.20. The number of alkyl halides is 1. The largest absolute Gasteiger partial charge is 0.367 e. The molecule has 0 aliphatic carbocycles. The molecule has 0 saturated heterocycles. The molecule has 14 heavy (non-hydrogen) atoms. The van der Waals surface area contributed by atoms with E-state index in [1.165, 1.54) is 0 Å². The highest BCUT2D eigenvalue weighted by Gasteiger charge is 2.32. The van der Waals surface area contributed by atoms with Crippen LogP contribution < -0.4 is 5.32 Å². The van der Waals surface area contributed by atoms with Crippen molar-refractivity contribution in [3.63, 3.8) is 0 Å². The number of hydrogen-bond acceptors (Lipinski definition) is 2. The number of aryl methyl sites for hydroxylation is 1. The molecule has 1 N–H and O–H groups in total. The van der Waals surface area contributed by atoms with Gasteiger partial charge < -0.3 is 5.32 Å². The highest BCUT2D eigenvalue weighted by Crippen LogP contribution is 2.34. The van der Waals surface area contributed by atoms with Crippen molar-refractivity contribution in [1.82, 2.24) is 5.32 Å². The molecule has 1 aromatic rings. The van der Waals surface area contributed by atoms with Crippen LogP contribution in [0.3, 0.4) is 0 Å². The van der Waals surface area contributed by atoms with Crippen molar-refractivity contribution < 1.29 is 4.79 Å². The first-order valence-electron chi connectivity index (χ1n) is 4.37. The van der Waals surface area contributed by atoms with E-state index in [0.717, 1.165) is 23.0 Å². The van der Waals surface area contributed by atoms with E-state index >= 15 is 0 Å². The molecule has 1 atom stereocenters. The summed E-state index contributed by atoms with van der Waals surface area (Å²) in [5.74, 6) is 0. The second kappa shape index (κ2) is 3.24. The summed E-state index contributed by atoms with van der Waals surface area (Å²) in [4.78, 5) is 11.1. The number of halogens is 1. The third-order valence-electron chi connectivity index (χ3n) is 2.39. The van der Waals surface area contributed by atoms with Crippen molar-refractivity contribution in [3.8, 4) is 0 Å². The van der Waals surface area contributed by atoms with Crippen molar-refractivity contribution in [2.24, 2.45) is 0 Å². The maximum atomic E-state index is 11.1. The van der Waals surface area contributed by atoms with Crippen LogP contribution >= 0.6 is 15.9 Å². The molecule has 1 aliphatic heterocycles. The monoisotopic (exact) mass is 251 g/mol. The van der Waals surface area contributed by atoms with E-state index in [4.69, 9.17) is 0 Å². The number of rotatable bonds is 1. The molecule has 0 bridgehead atoms. The van der Waals surface area contributed by atoms with Crippen LogP contribution in [0.5, 0.6) is 0 Å². The summed E-state index contributed by atoms with van der Waals surface area (Å²) < 4.78 is -0.761. The van der Waals surface area contributed by atoms with Gasteiger partial charge in [-0.15, -0.1) is 0 Å². The fourth-order valence-electron chi connectivity index (χ4n) is 1.74. The van der Waals surface area contributed by atoms with Gasteiger partial charge in [0.25, 0.3) is 0 Å². The molecule has 2 nitrogen and oxygen atoms in total. The van der Waals surface area contributed by atoms with Gasteiger partial charge in [0.1, 0.15) is 0 Å². The van der Waals surface area contributed by atoms with Gasteiger partial charge in [-0.2, -0.15) is 0 Å². The Balaban J connectivity index is 2.70. The third kappa shape index (κ3) is 1.28. The van der Waals surface area contributed by atoms with Gasteiger partial charge in [-0.3, -0.25) is 4.79 Å². The van der Waals surface area contributed by atoms with Gasteiger partial charge in [0.2, 0.25) is 0 Å². The Kier molecular flexibility index (Phi) is 2.19. The standard InChI is InChI=1S/C11H10BrNO/c1-8-3-2-4-9-5-6-13-11(12,7-14)10(8)9/h2-7,13H,1H3. The summed E-state index contributed by atoms with van der Waals surface area (Å²) >= 11 is 3.41. The lowest BCUT2D eigenvalue weighted by molar-refractivity contribution is -0.110. The molecule has 0 saturated carbocycles. The van der Waals surface area contributed by atoms with Crippen LogP contribution in [-0.2, 0) is 9.24 Å². The lowest BCUT2D eigenvalue weighted by Gasteiger charge is -2.29. The van der Waals surface area contributed by atoms with Crippen molar-refractivity contribution in [1.29, 1.82) is 0 Å². The number of fused-ring (bicyclic) bond motifs is 1. The first kappa shape index (κ1) is 9.46. The predicted molar refractivity (Wildman–Crippen MR) is 60.0 cm³/mol. The zero-order chi connectivity index (χ0) is 10.2. The van der Waals surface area contributed by atoms with Crippen LogP contribution in [0.4, 0.5) is 0 Å². The Hall–Kier alpha value is -1.09. The lowest BCUT2D eigenvalue weighted by Crippen LogP contribution is -2.37. The molecule has 0 fully saturated rings. The molecule has 1 unspecified atom stereocenters. The SMILES string of the molecule is Cc1cccc2c1C(Br)(C=O)NC=C2. The van der Waals surface area contributed by atoms with Crippen molar-refractivity contribution in [2.75, 3.05) is 0 Å². The molecule has 0 spiro atoms. The van der Waals surface area contributed by atoms with E-state index in [9.17, 15) is 4.79 Å². The Labute approximate surface area is 91.1 Å². The molecule has 0 amide bonds. The van der Waals surface area contributed by atoms with E-state index < -0.39 is 4.45 Å². The van der Waals surface area contributed by atoms with E-state index in [1.54, 1.807) is 6.20 Å². The number of benzene rings is 1. The van der Waals surface area contributed by atoms with E-state index in [-0.39, 0.29) is 0 Å². The van der Waals surface area contributed by atoms with Gasteiger partial charge in [-0.1, -0.05) is 18.2 Å². The molecule has 0 radical (unpaired) electrons. The van der Waals surface area contributed by atoms with E-state index in [0.29, 0.717) is 0 Å². The molecule has 3 heteroatoms. The second-order valence-corrected chi connectivity index (χ2v) is 4.60. The number of carbonyl (C=O) groups is 1. The summed E-state index contributed by atoms with van der Waals surface area (Å²) in [7, 11) is 0. The predicted octanol–water partition coefficient (Wildman–Crippen LogP) is 2.32. The average molecular weight is 252 g/mol. The van der Waals surface area contributed by atoms with Crippen LogP contribution in [0.1, 0.15) is 16.7 Å². The van der Waals surface area contributed by atoms with Crippen LogP contribution in [0.25, 0.3) is 6.08 Å². The summed E-state index contributed by atoms with van der Waals surface area (Å²) in [5.41, 5.74) is 3.17. The van der Waals surface area contributed by atoms with Crippen LogP contribution in [-0.4, -0.2) is 6.29 Å². The fraction of sp³-hybridized carbons (Fsp3) is 0.182. The zero-order valence-corrected chi connectivity index (χ0v) is 9.34. The Morgan fingerprint density at radius 2 is 2.29 bits per heavy atom. The first-order valence-corrected chi connectivity index (χ1v) is 5.16. The number of hydrogen-bond donors (Lipinski definition) is 1. The number of aldehydes is 1. The zero-order valence-electron chi connectivity index (χ0n) is 7.75. The minimum Gasteiger partial charge on any atom is -0.367 e. The average Bonchev–Trinajstić information content (AvgIpc) is 2.18. The van der Waals surface area contributed by atoms with E-state index in [1.807, 2.05) is 31.2 Å². The van der Waals surface area contributed by atoms with Gasteiger partial charge in [-0.05, 0) is 46.3 Å². The maximum Gasteiger partial charge on any atom is 0.175 e. The molecular formula is C11H10BrNO. The number of nitrogens with one attached hydrogen (secondary N) is 1. The minimum absolute atomic E-state index is 0.761. The Morgan fingerprint density at radius 3 is 3.00 bits per heavy atom. The van der Waals surface area contributed by atoms with Crippen molar-refractivity contribution >= 4 is 28.3 Å². The second-order valence-electron chi connectivity index (χ2n) is 3.35. The highest BCUT2D eigenvalue weighted by atomic mass is 79.9. The molecule has 72 valence electrons. The van der Waals surface area contributed by atoms with Crippen molar-refractivity contribution in [2.45, 2.75) is 11.4 Å². The van der Waals surface area contributed by atoms with Gasteiger partial charge in [0.05, 0.1) is 0 Å². The quantitative estimate of drug-likeness (QED) is 0.472. The highest BCUT2D eigenvalue weighted by molar-refractivity contribution is 9.10. The normalized spacial score (nSPS) is 23.9. The van der Waals surface area contributed by atoms with Crippen LogP contribution in [0, 0.1) is 6.92 Å². The smallest absolute Gasteiger partial charge is 0.175 e. The van der Waals surface area contributed by atoms with Gasteiger partial charge in [0, 0.05) is 5.56 Å². The molecule has 1 aromatic carbocycles. The Bertz CT molecular complexity index is 414. The van der Waals surface area contributed by atoms with Crippen molar-refractivity contribution in [3.05, 3.63) is 41.1 Å². The molecular weight excluding hydrogens is 242 g/mol. The lowest BCUT2D eigenvalue weighted by atomic mass is 9.94. The Morgan fingerprint density at radius 1 is 1.50 bits per heavy atom. The van der Waals surface area contributed by atoms with Crippen LogP contribution in [0.15, 0.2) is 24.4 Å². The summed E-state index contributed by atoms with van der Waals surface area (Å²) in [6.45, 7) is 2.00. The fourth-order valence-corrected chi connectivity index (χ4v) is 2.42. The first-order chi connectivity index (χ1) is 6.67. The van der Waals surface area contributed by atoms with Gasteiger partial charge in [0.15, 0.2) is 10.7 Å².